The van der Waals surface area contributed by atoms with Crippen LogP contribution in [-0.4, -0.2) is 31.6 Å². The molecule has 2 aliphatic rings. The van der Waals surface area contributed by atoms with E-state index in [9.17, 15) is 4.79 Å². The molecule has 2 unspecified atom stereocenters. The van der Waals surface area contributed by atoms with Gasteiger partial charge in [-0.25, -0.2) is 0 Å². The summed E-state index contributed by atoms with van der Waals surface area (Å²) in [4.78, 5) is 11.9. The molecule has 2 rings (SSSR count). The summed E-state index contributed by atoms with van der Waals surface area (Å²) in [6.07, 6.45) is 2.00. The summed E-state index contributed by atoms with van der Waals surface area (Å²) in [6, 6.07) is 0. The summed E-state index contributed by atoms with van der Waals surface area (Å²) in [5.74, 6) is -0.621. The predicted molar refractivity (Wildman–Crippen MR) is 71.5 cm³/mol. The highest BCUT2D eigenvalue weighted by Crippen LogP contribution is 2.54. The van der Waals surface area contributed by atoms with Gasteiger partial charge in [0.25, 0.3) is 0 Å². The Labute approximate surface area is 115 Å². The Kier molecular flexibility index (Phi) is 4.02. The first-order valence-electron chi connectivity index (χ1n) is 7.06. The van der Waals surface area contributed by atoms with Crippen LogP contribution < -0.4 is 0 Å². The SMILES string of the molecule is C=C1CCC2(OCCO2)C(C)C1(C)CC(=O)OCC. The second kappa shape index (κ2) is 5.25. The van der Waals surface area contributed by atoms with E-state index in [-0.39, 0.29) is 17.3 Å². The molecule has 0 aromatic rings. The van der Waals surface area contributed by atoms with E-state index >= 15 is 0 Å². The third kappa shape index (κ3) is 2.43. The Morgan fingerprint density at radius 1 is 1.47 bits per heavy atom. The van der Waals surface area contributed by atoms with Gasteiger partial charge in [0, 0.05) is 17.8 Å². The summed E-state index contributed by atoms with van der Waals surface area (Å²) in [7, 11) is 0. The van der Waals surface area contributed by atoms with Crippen LogP contribution in [0, 0.1) is 11.3 Å². The smallest absolute Gasteiger partial charge is 0.306 e. The number of hydrogen-bond acceptors (Lipinski definition) is 4. The molecule has 1 spiro atoms. The molecule has 1 heterocycles. The predicted octanol–water partition coefficient (Wildman–Crippen LogP) is 2.68. The third-order valence-corrected chi connectivity index (χ3v) is 4.79. The molecule has 0 N–H and O–H groups in total. The first kappa shape index (κ1) is 14.5. The second-order valence-corrected chi connectivity index (χ2v) is 5.73. The van der Waals surface area contributed by atoms with E-state index in [4.69, 9.17) is 14.2 Å². The maximum absolute atomic E-state index is 11.9. The number of carbonyl (C=O) groups excluding carboxylic acids is 1. The normalized spacial score (nSPS) is 33.6. The van der Waals surface area contributed by atoms with Crippen LogP contribution in [0.15, 0.2) is 12.2 Å². The number of esters is 1. The highest BCUT2D eigenvalue weighted by Gasteiger charge is 2.55. The number of carbonyl (C=O) groups is 1. The summed E-state index contributed by atoms with van der Waals surface area (Å²) < 4.78 is 16.8. The van der Waals surface area contributed by atoms with Gasteiger partial charge in [0.1, 0.15) is 0 Å². The van der Waals surface area contributed by atoms with Crippen LogP contribution in [-0.2, 0) is 19.0 Å². The first-order chi connectivity index (χ1) is 8.94. The largest absolute Gasteiger partial charge is 0.466 e. The molecule has 4 heteroatoms. The van der Waals surface area contributed by atoms with Crippen molar-refractivity contribution in [3.05, 3.63) is 12.2 Å². The molecule has 0 aromatic carbocycles. The molecular formula is C15H24O4. The Morgan fingerprint density at radius 2 is 2.11 bits per heavy atom. The van der Waals surface area contributed by atoms with Crippen molar-refractivity contribution >= 4 is 5.97 Å². The van der Waals surface area contributed by atoms with Gasteiger partial charge in [0.2, 0.25) is 0 Å². The van der Waals surface area contributed by atoms with Crippen molar-refractivity contribution in [2.24, 2.45) is 11.3 Å². The van der Waals surface area contributed by atoms with E-state index in [1.807, 2.05) is 6.92 Å². The average Bonchev–Trinajstić information content (AvgIpc) is 2.83. The average molecular weight is 268 g/mol. The minimum absolute atomic E-state index is 0.0909. The fraction of sp³-hybridized carbons (Fsp3) is 0.800. The molecule has 0 aromatic heterocycles. The van der Waals surface area contributed by atoms with Gasteiger partial charge >= 0.3 is 5.97 Å². The van der Waals surface area contributed by atoms with Crippen LogP contribution in [0.4, 0.5) is 0 Å². The Bertz CT molecular complexity index is 370. The molecular weight excluding hydrogens is 244 g/mol. The fourth-order valence-electron chi connectivity index (χ4n) is 3.27. The van der Waals surface area contributed by atoms with Gasteiger partial charge in [-0.1, -0.05) is 26.0 Å². The highest BCUT2D eigenvalue weighted by molar-refractivity contribution is 5.71. The van der Waals surface area contributed by atoms with Crippen LogP contribution in [0.25, 0.3) is 0 Å². The van der Waals surface area contributed by atoms with Gasteiger partial charge in [-0.2, -0.15) is 0 Å². The third-order valence-electron chi connectivity index (χ3n) is 4.79. The van der Waals surface area contributed by atoms with Gasteiger partial charge in [-0.05, 0) is 13.3 Å². The molecule has 0 radical (unpaired) electrons. The summed E-state index contributed by atoms with van der Waals surface area (Å²) in [5, 5.41) is 0. The minimum Gasteiger partial charge on any atom is -0.466 e. The molecule has 2 atom stereocenters. The Morgan fingerprint density at radius 3 is 2.68 bits per heavy atom. The maximum atomic E-state index is 11.9. The van der Waals surface area contributed by atoms with E-state index < -0.39 is 5.79 Å². The molecule has 19 heavy (non-hydrogen) atoms. The zero-order chi connectivity index (χ0) is 14.1. The molecule has 1 aliphatic carbocycles. The molecule has 108 valence electrons. The van der Waals surface area contributed by atoms with E-state index in [1.165, 1.54) is 0 Å². The van der Waals surface area contributed by atoms with Gasteiger partial charge in [-0.15, -0.1) is 0 Å². The first-order valence-corrected chi connectivity index (χ1v) is 7.06. The van der Waals surface area contributed by atoms with E-state index in [2.05, 4.69) is 20.4 Å². The van der Waals surface area contributed by atoms with E-state index in [0.29, 0.717) is 26.2 Å². The van der Waals surface area contributed by atoms with Crippen molar-refractivity contribution in [1.29, 1.82) is 0 Å². The maximum Gasteiger partial charge on any atom is 0.306 e. The van der Waals surface area contributed by atoms with Crippen LogP contribution >= 0.6 is 0 Å². The molecule has 1 aliphatic heterocycles. The number of rotatable bonds is 3. The number of allylic oxidation sites excluding steroid dienone is 1. The summed E-state index contributed by atoms with van der Waals surface area (Å²) in [6.45, 7) is 11.8. The molecule has 2 fully saturated rings. The van der Waals surface area contributed by atoms with Crippen LogP contribution in [0.2, 0.25) is 0 Å². The summed E-state index contributed by atoms with van der Waals surface area (Å²) in [5.41, 5.74) is 0.771. The quantitative estimate of drug-likeness (QED) is 0.583. The Hall–Kier alpha value is -0.870. The highest BCUT2D eigenvalue weighted by atomic mass is 16.7. The lowest BCUT2D eigenvalue weighted by atomic mass is 9.61. The van der Waals surface area contributed by atoms with Crippen molar-refractivity contribution in [1.82, 2.24) is 0 Å². The number of ether oxygens (including phenoxy) is 3. The fourth-order valence-corrected chi connectivity index (χ4v) is 3.27. The monoisotopic (exact) mass is 268 g/mol. The lowest BCUT2D eigenvalue weighted by molar-refractivity contribution is -0.228. The van der Waals surface area contributed by atoms with Gasteiger partial charge in [0.05, 0.1) is 26.2 Å². The standard InChI is InChI=1S/C15H24O4/c1-5-17-13(16)10-14(4)11(2)6-7-15(12(14)3)18-8-9-19-15/h12H,2,5-10H2,1,3-4H3. The Balaban J connectivity index is 2.20. The second-order valence-electron chi connectivity index (χ2n) is 5.73. The van der Waals surface area contributed by atoms with E-state index in [1.54, 1.807) is 0 Å². The van der Waals surface area contributed by atoms with Crippen molar-refractivity contribution in [2.75, 3.05) is 19.8 Å². The lowest BCUT2D eigenvalue weighted by Crippen LogP contribution is -2.51. The van der Waals surface area contributed by atoms with E-state index in [0.717, 1.165) is 18.4 Å². The van der Waals surface area contributed by atoms with Crippen LogP contribution in [0.3, 0.4) is 0 Å². The minimum atomic E-state index is -0.539. The van der Waals surface area contributed by atoms with Crippen molar-refractivity contribution in [3.8, 4) is 0 Å². The van der Waals surface area contributed by atoms with Crippen LogP contribution in [0.1, 0.15) is 40.0 Å². The van der Waals surface area contributed by atoms with Crippen molar-refractivity contribution < 1.29 is 19.0 Å². The van der Waals surface area contributed by atoms with Crippen molar-refractivity contribution in [2.45, 2.75) is 45.8 Å². The van der Waals surface area contributed by atoms with Gasteiger partial charge in [0.15, 0.2) is 5.79 Å². The van der Waals surface area contributed by atoms with Crippen LogP contribution in [0.5, 0.6) is 0 Å². The lowest BCUT2D eigenvalue weighted by Gasteiger charge is -2.49. The topological polar surface area (TPSA) is 44.8 Å². The zero-order valence-corrected chi connectivity index (χ0v) is 12.2. The van der Waals surface area contributed by atoms with Crippen molar-refractivity contribution in [3.63, 3.8) is 0 Å². The molecule has 0 amide bonds. The van der Waals surface area contributed by atoms with Gasteiger partial charge < -0.3 is 14.2 Å². The molecule has 1 saturated heterocycles. The van der Waals surface area contributed by atoms with Gasteiger partial charge in [-0.3, -0.25) is 4.79 Å². The molecule has 4 nitrogen and oxygen atoms in total. The molecule has 1 saturated carbocycles. The molecule has 0 bridgehead atoms. The zero-order valence-electron chi connectivity index (χ0n) is 12.2. The number of hydrogen-bond donors (Lipinski definition) is 0. The summed E-state index contributed by atoms with van der Waals surface area (Å²) >= 11 is 0.